The van der Waals surface area contributed by atoms with Gasteiger partial charge in [-0.05, 0) is 40.8 Å². The highest BCUT2D eigenvalue weighted by Crippen LogP contribution is 2.23. The molecular formula is C20H25ClN2O4S. The van der Waals surface area contributed by atoms with Crippen LogP contribution in [-0.4, -0.2) is 32.1 Å². The molecule has 0 radical (unpaired) electrons. The SMILES string of the molecule is CC(C)(C)c1ccc(S(=O)(=O)N[C@@H](CO)C(=O)NCc2ccc(Cl)cc2)cc1. The predicted molar refractivity (Wildman–Crippen MR) is 110 cm³/mol. The first-order valence-electron chi connectivity index (χ1n) is 8.79. The lowest BCUT2D eigenvalue weighted by Crippen LogP contribution is -2.48. The maximum Gasteiger partial charge on any atom is 0.241 e. The third kappa shape index (κ3) is 6.04. The Kier molecular flexibility index (Phi) is 7.22. The molecule has 0 aromatic heterocycles. The Bertz CT molecular complexity index is 905. The molecule has 152 valence electrons. The van der Waals surface area contributed by atoms with Crippen LogP contribution in [0.4, 0.5) is 0 Å². The molecule has 28 heavy (non-hydrogen) atoms. The minimum atomic E-state index is -3.96. The number of amides is 1. The molecule has 2 aromatic rings. The van der Waals surface area contributed by atoms with E-state index in [1.54, 1.807) is 36.4 Å². The molecule has 8 heteroatoms. The van der Waals surface area contributed by atoms with Crippen LogP contribution in [-0.2, 0) is 26.8 Å². The Morgan fingerprint density at radius 2 is 1.64 bits per heavy atom. The summed E-state index contributed by atoms with van der Waals surface area (Å²) in [6.45, 7) is 5.62. The number of carbonyl (C=O) groups excluding carboxylic acids is 1. The summed E-state index contributed by atoms with van der Waals surface area (Å²) in [4.78, 5) is 12.3. The molecule has 3 N–H and O–H groups in total. The minimum absolute atomic E-state index is 0.0319. The second-order valence-corrected chi connectivity index (χ2v) is 9.63. The molecule has 0 spiro atoms. The second-order valence-electron chi connectivity index (χ2n) is 7.48. The van der Waals surface area contributed by atoms with E-state index in [9.17, 15) is 18.3 Å². The van der Waals surface area contributed by atoms with Crippen molar-refractivity contribution in [2.45, 2.75) is 43.7 Å². The van der Waals surface area contributed by atoms with Gasteiger partial charge < -0.3 is 10.4 Å². The predicted octanol–water partition coefficient (Wildman–Crippen LogP) is 2.59. The van der Waals surface area contributed by atoms with Crippen molar-refractivity contribution in [3.05, 3.63) is 64.7 Å². The van der Waals surface area contributed by atoms with Gasteiger partial charge in [0.25, 0.3) is 0 Å². The summed E-state index contributed by atoms with van der Waals surface area (Å²) in [5.41, 5.74) is 1.69. The fourth-order valence-corrected chi connectivity index (χ4v) is 3.79. The summed E-state index contributed by atoms with van der Waals surface area (Å²) >= 11 is 5.82. The van der Waals surface area contributed by atoms with Crippen molar-refractivity contribution >= 4 is 27.5 Å². The van der Waals surface area contributed by atoms with E-state index < -0.39 is 28.6 Å². The van der Waals surface area contributed by atoms with Crippen molar-refractivity contribution in [2.24, 2.45) is 0 Å². The molecule has 2 rings (SSSR count). The molecule has 0 fully saturated rings. The maximum absolute atomic E-state index is 12.6. The lowest BCUT2D eigenvalue weighted by molar-refractivity contribution is -0.123. The van der Waals surface area contributed by atoms with Crippen LogP contribution >= 0.6 is 11.6 Å². The molecule has 0 aliphatic rings. The van der Waals surface area contributed by atoms with Crippen LogP contribution in [0.2, 0.25) is 5.02 Å². The van der Waals surface area contributed by atoms with Crippen molar-refractivity contribution in [1.29, 1.82) is 0 Å². The van der Waals surface area contributed by atoms with Gasteiger partial charge in [0, 0.05) is 11.6 Å². The Balaban J connectivity index is 2.05. The lowest BCUT2D eigenvalue weighted by Gasteiger charge is -2.20. The second kappa shape index (κ2) is 9.05. The number of hydrogen-bond donors (Lipinski definition) is 3. The topological polar surface area (TPSA) is 95.5 Å². The number of aliphatic hydroxyl groups is 1. The number of nitrogens with one attached hydrogen (secondary N) is 2. The zero-order chi connectivity index (χ0) is 20.9. The van der Waals surface area contributed by atoms with Gasteiger partial charge in [0.1, 0.15) is 6.04 Å². The first-order chi connectivity index (χ1) is 13.0. The lowest BCUT2D eigenvalue weighted by atomic mass is 9.87. The van der Waals surface area contributed by atoms with Crippen LogP contribution in [0.1, 0.15) is 31.9 Å². The van der Waals surface area contributed by atoms with Crippen LogP contribution in [0.25, 0.3) is 0 Å². The number of sulfonamides is 1. The summed E-state index contributed by atoms with van der Waals surface area (Å²) in [5, 5.41) is 12.7. The van der Waals surface area contributed by atoms with Gasteiger partial charge in [-0.2, -0.15) is 4.72 Å². The van der Waals surface area contributed by atoms with Gasteiger partial charge in [0.15, 0.2) is 0 Å². The summed E-state index contributed by atoms with van der Waals surface area (Å²) in [6, 6.07) is 12.0. The third-order valence-corrected chi connectivity index (χ3v) is 5.95. The molecule has 1 atom stereocenters. The van der Waals surface area contributed by atoms with Crippen LogP contribution < -0.4 is 10.0 Å². The average molecular weight is 425 g/mol. The monoisotopic (exact) mass is 424 g/mol. The number of carbonyl (C=O) groups is 1. The van der Waals surface area contributed by atoms with Gasteiger partial charge in [-0.15, -0.1) is 0 Å². The molecule has 0 aliphatic carbocycles. The van der Waals surface area contributed by atoms with Crippen LogP contribution in [0.15, 0.2) is 53.4 Å². The number of benzene rings is 2. The van der Waals surface area contributed by atoms with Gasteiger partial charge in [-0.25, -0.2) is 8.42 Å². The highest BCUT2D eigenvalue weighted by Gasteiger charge is 2.25. The molecule has 0 heterocycles. The van der Waals surface area contributed by atoms with Crippen molar-refractivity contribution in [2.75, 3.05) is 6.61 Å². The van der Waals surface area contributed by atoms with Gasteiger partial charge in [0.2, 0.25) is 15.9 Å². The van der Waals surface area contributed by atoms with Crippen LogP contribution in [0, 0.1) is 0 Å². The van der Waals surface area contributed by atoms with Crippen molar-refractivity contribution in [1.82, 2.24) is 10.0 Å². The van der Waals surface area contributed by atoms with Crippen molar-refractivity contribution in [3.8, 4) is 0 Å². The molecule has 0 saturated carbocycles. The molecule has 0 bridgehead atoms. The molecule has 6 nitrogen and oxygen atoms in total. The largest absolute Gasteiger partial charge is 0.394 e. The summed E-state index contributed by atoms with van der Waals surface area (Å²) in [5.74, 6) is -0.618. The average Bonchev–Trinajstić information content (AvgIpc) is 2.65. The van der Waals surface area contributed by atoms with Gasteiger partial charge in [-0.1, -0.05) is 56.6 Å². The molecule has 1 amide bonds. The van der Waals surface area contributed by atoms with Crippen LogP contribution in [0.3, 0.4) is 0 Å². The standard InChI is InChI=1S/C20H25ClN2O4S/c1-20(2,3)15-6-10-17(11-7-15)28(26,27)23-18(13-24)19(25)22-12-14-4-8-16(21)9-5-14/h4-11,18,23-24H,12-13H2,1-3H3,(H,22,25)/t18-/m0/s1. The van der Waals surface area contributed by atoms with Crippen molar-refractivity contribution < 1.29 is 18.3 Å². The summed E-state index contributed by atoms with van der Waals surface area (Å²) in [7, 11) is -3.96. The van der Waals surface area contributed by atoms with E-state index in [1.807, 2.05) is 20.8 Å². The van der Waals surface area contributed by atoms with E-state index >= 15 is 0 Å². The number of rotatable bonds is 7. The van der Waals surface area contributed by atoms with E-state index in [0.29, 0.717) is 5.02 Å². The number of aliphatic hydroxyl groups excluding tert-OH is 1. The van der Waals surface area contributed by atoms with Crippen LogP contribution in [0.5, 0.6) is 0 Å². The molecular weight excluding hydrogens is 400 g/mol. The first-order valence-corrected chi connectivity index (χ1v) is 10.6. The van der Waals surface area contributed by atoms with E-state index in [1.165, 1.54) is 12.1 Å². The van der Waals surface area contributed by atoms with Crippen molar-refractivity contribution in [3.63, 3.8) is 0 Å². The fourth-order valence-electron chi connectivity index (χ4n) is 2.48. The summed E-state index contributed by atoms with van der Waals surface area (Å²) < 4.78 is 27.4. The van der Waals surface area contributed by atoms with Gasteiger partial charge in [0.05, 0.1) is 11.5 Å². The third-order valence-electron chi connectivity index (χ3n) is 4.21. The Morgan fingerprint density at radius 1 is 1.07 bits per heavy atom. The van der Waals surface area contributed by atoms with E-state index in [-0.39, 0.29) is 16.9 Å². The number of halogens is 1. The van der Waals surface area contributed by atoms with E-state index in [2.05, 4.69) is 10.0 Å². The Hall–Kier alpha value is -1.93. The Labute approximate surface area is 171 Å². The van der Waals surface area contributed by atoms with Gasteiger partial charge >= 0.3 is 0 Å². The fraction of sp³-hybridized carbons (Fsp3) is 0.350. The van der Waals surface area contributed by atoms with E-state index in [4.69, 9.17) is 11.6 Å². The molecule has 2 aromatic carbocycles. The van der Waals surface area contributed by atoms with Gasteiger partial charge in [-0.3, -0.25) is 4.79 Å². The van der Waals surface area contributed by atoms with E-state index in [0.717, 1.165) is 11.1 Å². The zero-order valence-corrected chi connectivity index (χ0v) is 17.6. The summed E-state index contributed by atoms with van der Waals surface area (Å²) in [6.07, 6.45) is 0. The zero-order valence-electron chi connectivity index (χ0n) is 16.1. The quantitative estimate of drug-likeness (QED) is 0.636. The minimum Gasteiger partial charge on any atom is -0.394 e. The smallest absolute Gasteiger partial charge is 0.241 e. The Morgan fingerprint density at radius 3 is 2.14 bits per heavy atom. The molecule has 0 unspecified atom stereocenters. The maximum atomic E-state index is 12.6. The number of hydrogen-bond acceptors (Lipinski definition) is 4. The first kappa shape index (κ1) is 22.4. The highest BCUT2D eigenvalue weighted by molar-refractivity contribution is 7.89. The molecule has 0 saturated heterocycles. The molecule has 0 aliphatic heterocycles. The normalized spacial score (nSPS) is 13.2. The highest BCUT2D eigenvalue weighted by atomic mass is 35.5.